The molecule has 5 nitrogen and oxygen atoms in total. The lowest BCUT2D eigenvalue weighted by Gasteiger charge is -2.27. The minimum absolute atomic E-state index is 0.0809. The summed E-state index contributed by atoms with van der Waals surface area (Å²) in [6.07, 6.45) is 2.16. The summed E-state index contributed by atoms with van der Waals surface area (Å²) >= 11 is 0. The smallest absolute Gasteiger partial charge is 0.248 e. The molecular weight excluding hydrogens is 182 g/mol. The summed E-state index contributed by atoms with van der Waals surface area (Å²) < 4.78 is 5.24. The highest BCUT2D eigenvalue weighted by molar-refractivity contribution is 6.05. The van der Waals surface area contributed by atoms with Crippen molar-refractivity contribution < 1.29 is 9.53 Å². The molecule has 2 aliphatic heterocycles. The van der Waals surface area contributed by atoms with E-state index in [1.807, 2.05) is 0 Å². The molecule has 0 atom stereocenters. The van der Waals surface area contributed by atoms with Crippen LogP contribution in [0.25, 0.3) is 0 Å². The second-order valence-electron chi connectivity index (χ2n) is 3.63. The van der Waals surface area contributed by atoms with E-state index in [4.69, 9.17) is 10.5 Å². The molecule has 78 valence electrons. The fourth-order valence-corrected chi connectivity index (χ4v) is 1.83. The van der Waals surface area contributed by atoms with Crippen molar-refractivity contribution in [2.45, 2.75) is 25.3 Å². The monoisotopic (exact) mass is 197 g/mol. The molecule has 14 heavy (non-hydrogen) atoms. The molecule has 0 aromatic carbocycles. The molecule has 0 aromatic heterocycles. The highest BCUT2D eigenvalue weighted by atomic mass is 16.5. The molecule has 2 heterocycles. The van der Waals surface area contributed by atoms with Gasteiger partial charge in [0.25, 0.3) is 0 Å². The number of ether oxygens (including phenoxy) is 1. The lowest BCUT2D eigenvalue weighted by atomic mass is 10.1. The Bertz CT molecular complexity index is 259. The first-order valence-electron chi connectivity index (χ1n) is 4.97. The third-order valence-electron chi connectivity index (χ3n) is 2.63. The Hall–Kier alpha value is -0.940. The van der Waals surface area contributed by atoms with Gasteiger partial charge in [0.2, 0.25) is 5.91 Å². The van der Waals surface area contributed by atoms with Gasteiger partial charge in [-0.1, -0.05) is 0 Å². The van der Waals surface area contributed by atoms with Crippen LogP contribution in [0, 0.1) is 0 Å². The van der Waals surface area contributed by atoms with Gasteiger partial charge in [-0.05, 0) is 12.8 Å². The van der Waals surface area contributed by atoms with Crippen molar-refractivity contribution in [3.63, 3.8) is 0 Å². The van der Waals surface area contributed by atoms with Crippen molar-refractivity contribution >= 4 is 11.6 Å². The number of hydrogen-bond donors (Lipinski definition) is 1. The van der Waals surface area contributed by atoms with Crippen LogP contribution >= 0.6 is 0 Å². The van der Waals surface area contributed by atoms with Gasteiger partial charge in [-0.3, -0.25) is 4.79 Å². The molecule has 1 saturated heterocycles. The van der Waals surface area contributed by atoms with Crippen LogP contribution in [0.15, 0.2) is 5.10 Å². The Morgan fingerprint density at radius 3 is 2.79 bits per heavy atom. The summed E-state index contributed by atoms with van der Waals surface area (Å²) in [6.45, 7) is 1.83. The minimum Gasteiger partial charge on any atom is -0.381 e. The number of rotatable bonds is 2. The third-order valence-corrected chi connectivity index (χ3v) is 2.63. The van der Waals surface area contributed by atoms with E-state index < -0.39 is 0 Å². The van der Waals surface area contributed by atoms with E-state index in [0.29, 0.717) is 13.0 Å². The average Bonchev–Trinajstić information content (AvgIpc) is 2.61. The van der Waals surface area contributed by atoms with E-state index in [1.165, 1.54) is 0 Å². The zero-order valence-corrected chi connectivity index (χ0v) is 8.11. The van der Waals surface area contributed by atoms with Crippen LogP contribution in [0.1, 0.15) is 19.3 Å². The molecule has 2 rings (SSSR count). The number of carbonyl (C=O) groups excluding carboxylic acids is 1. The maximum Gasteiger partial charge on any atom is 0.248 e. The summed E-state index contributed by atoms with van der Waals surface area (Å²) in [5, 5.41) is 5.83. The van der Waals surface area contributed by atoms with Gasteiger partial charge >= 0.3 is 0 Å². The molecule has 5 heteroatoms. The van der Waals surface area contributed by atoms with Gasteiger partial charge in [0.1, 0.15) is 0 Å². The van der Waals surface area contributed by atoms with Gasteiger partial charge in [-0.2, -0.15) is 5.10 Å². The van der Waals surface area contributed by atoms with Crippen molar-refractivity contribution in [3.05, 3.63) is 0 Å². The van der Waals surface area contributed by atoms with Crippen LogP contribution in [-0.2, 0) is 9.53 Å². The predicted molar refractivity (Wildman–Crippen MR) is 51.8 cm³/mol. The Morgan fingerprint density at radius 2 is 2.21 bits per heavy atom. The first kappa shape index (κ1) is 9.61. The Kier molecular flexibility index (Phi) is 2.79. The second kappa shape index (κ2) is 4.06. The number of nitrogens with zero attached hydrogens (tertiary/aromatic N) is 2. The summed E-state index contributed by atoms with van der Waals surface area (Å²) in [5.41, 5.74) is 6.25. The summed E-state index contributed by atoms with van der Waals surface area (Å²) in [4.78, 5) is 11.6. The van der Waals surface area contributed by atoms with Gasteiger partial charge in [0, 0.05) is 19.8 Å². The number of hydrogen-bond acceptors (Lipinski definition) is 4. The van der Waals surface area contributed by atoms with Gasteiger partial charge in [-0.15, -0.1) is 0 Å². The Balaban J connectivity index is 2.02. The van der Waals surface area contributed by atoms with Crippen molar-refractivity contribution in [2.24, 2.45) is 10.8 Å². The fourth-order valence-electron chi connectivity index (χ4n) is 1.83. The lowest BCUT2D eigenvalue weighted by Crippen LogP contribution is -2.37. The van der Waals surface area contributed by atoms with E-state index in [9.17, 15) is 4.79 Å². The SMILES string of the molecule is NCC1=NN(C2CCOCC2)C(=O)C1. The molecule has 1 fully saturated rings. The normalized spacial score (nSPS) is 24.2. The van der Waals surface area contributed by atoms with Gasteiger partial charge in [0.15, 0.2) is 0 Å². The zero-order valence-electron chi connectivity index (χ0n) is 8.11. The van der Waals surface area contributed by atoms with Crippen molar-refractivity contribution in [1.82, 2.24) is 5.01 Å². The number of carbonyl (C=O) groups is 1. The first-order chi connectivity index (χ1) is 6.81. The van der Waals surface area contributed by atoms with E-state index in [2.05, 4.69) is 5.10 Å². The summed E-state index contributed by atoms with van der Waals surface area (Å²) in [7, 11) is 0. The highest BCUT2D eigenvalue weighted by Gasteiger charge is 2.30. The predicted octanol–water partition coefficient (Wildman–Crippen LogP) is -0.288. The average molecular weight is 197 g/mol. The van der Waals surface area contributed by atoms with Crippen LogP contribution in [-0.4, -0.2) is 42.4 Å². The standard InChI is InChI=1S/C9H15N3O2/c10-6-7-5-9(13)12(11-7)8-1-3-14-4-2-8/h8H,1-6,10H2. The molecule has 0 spiro atoms. The number of hydrazone groups is 1. The third kappa shape index (κ3) is 1.78. The van der Waals surface area contributed by atoms with Crippen LogP contribution < -0.4 is 5.73 Å². The number of amides is 1. The van der Waals surface area contributed by atoms with E-state index in [-0.39, 0.29) is 11.9 Å². The molecule has 0 unspecified atom stereocenters. The maximum absolute atomic E-state index is 11.6. The molecule has 0 aliphatic carbocycles. The molecule has 0 radical (unpaired) electrons. The summed E-state index contributed by atoms with van der Waals surface area (Å²) in [6, 6.07) is 0.222. The molecule has 2 N–H and O–H groups in total. The van der Waals surface area contributed by atoms with Crippen LogP contribution in [0.3, 0.4) is 0 Å². The first-order valence-corrected chi connectivity index (χ1v) is 4.97. The van der Waals surface area contributed by atoms with Crippen LogP contribution in [0.2, 0.25) is 0 Å². The molecule has 0 bridgehead atoms. The summed E-state index contributed by atoms with van der Waals surface area (Å²) in [5.74, 6) is 0.0809. The Labute approximate surface area is 82.9 Å². The van der Waals surface area contributed by atoms with E-state index in [1.54, 1.807) is 5.01 Å². The van der Waals surface area contributed by atoms with Gasteiger partial charge < -0.3 is 10.5 Å². The van der Waals surface area contributed by atoms with Crippen LogP contribution in [0.4, 0.5) is 0 Å². The molecular formula is C9H15N3O2. The van der Waals surface area contributed by atoms with Crippen molar-refractivity contribution in [2.75, 3.05) is 19.8 Å². The number of nitrogens with two attached hydrogens (primary N) is 1. The largest absolute Gasteiger partial charge is 0.381 e. The van der Waals surface area contributed by atoms with Crippen molar-refractivity contribution in [1.29, 1.82) is 0 Å². The molecule has 2 aliphatic rings. The Morgan fingerprint density at radius 1 is 1.50 bits per heavy atom. The lowest BCUT2D eigenvalue weighted by molar-refractivity contribution is -0.132. The second-order valence-corrected chi connectivity index (χ2v) is 3.63. The van der Waals surface area contributed by atoms with Gasteiger partial charge in [-0.25, -0.2) is 5.01 Å². The minimum atomic E-state index is 0.0809. The van der Waals surface area contributed by atoms with E-state index >= 15 is 0 Å². The topological polar surface area (TPSA) is 67.9 Å². The molecule has 0 aromatic rings. The molecule has 0 saturated carbocycles. The maximum atomic E-state index is 11.6. The highest BCUT2D eigenvalue weighted by Crippen LogP contribution is 2.19. The zero-order chi connectivity index (χ0) is 9.97. The quantitative estimate of drug-likeness (QED) is 0.661. The molecule has 1 amide bonds. The van der Waals surface area contributed by atoms with Crippen molar-refractivity contribution in [3.8, 4) is 0 Å². The fraction of sp³-hybridized carbons (Fsp3) is 0.778. The van der Waals surface area contributed by atoms with Crippen LogP contribution in [0.5, 0.6) is 0 Å². The van der Waals surface area contributed by atoms with Gasteiger partial charge in [0.05, 0.1) is 18.2 Å². The van der Waals surface area contributed by atoms with E-state index in [0.717, 1.165) is 31.8 Å².